The summed E-state index contributed by atoms with van der Waals surface area (Å²) in [5.41, 5.74) is 2.09. The van der Waals surface area contributed by atoms with Crippen molar-refractivity contribution in [1.29, 1.82) is 0 Å². The van der Waals surface area contributed by atoms with Crippen LogP contribution >= 0.6 is 0 Å². The Morgan fingerprint density at radius 1 is 1.00 bits per heavy atom. The summed E-state index contributed by atoms with van der Waals surface area (Å²) in [6.45, 7) is 4.47. The zero-order chi connectivity index (χ0) is 14.8. The van der Waals surface area contributed by atoms with Gasteiger partial charge in [-0.2, -0.15) is 0 Å². The summed E-state index contributed by atoms with van der Waals surface area (Å²) in [4.78, 5) is 11.5. The third kappa shape index (κ3) is 2.74. The van der Waals surface area contributed by atoms with Gasteiger partial charge in [0.15, 0.2) is 0 Å². The predicted molar refractivity (Wildman–Crippen MR) is 89.5 cm³/mol. The summed E-state index contributed by atoms with van der Waals surface area (Å²) in [5, 5.41) is 3.47. The molecule has 1 aromatic carbocycles. The third-order valence-electron chi connectivity index (χ3n) is 4.60. The minimum atomic E-state index is 0.769. The van der Waals surface area contributed by atoms with Crippen LogP contribution in [0.1, 0.15) is 11.3 Å². The Balaban J connectivity index is 1.50. The standard InChI is InChI=1S/C18H20N4/c1-2-4-14(5-3-1)6-7-17-10-20-11-18(21-17)22-12-15-8-19-9-16(15)13-22/h1-7,10-11,15-16,19H,8-9,12-13H2/b7-6+/t15-,16+. The van der Waals surface area contributed by atoms with E-state index in [1.807, 2.05) is 36.7 Å². The molecule has 4 nitrogen and oxygen atoms in total. The smallest absolute Gasteiger partial charge is 0.147 e. The zero-order valence-electron chi connectivity index (χ0n) is 12.5. The van der Waals surface area contributed by atoms with Crippen LogP contribution in [0.5, 0.6) is 0 Å². The second-order valence-electron chi connectivity index (χ2n) is 6.13. The molecule has 1 N–H and O–H groups in total. The summed E-state index contributed by atoms with van der Waals surface area (Å²) in [6, 6.07) is 10.3. The molecule has 2 atom stereocenters. The first-order chi connectivity index (χ1) is 10.9. The van der Waals surface area contributed by atoms with Gasteiger partial charge in [0.1, 0.15) is 5.82 Å². The maximum absolute atomic E-state index is 4.75. The first kappa shape index (κ1) is 13.5. The molecule has 1 aromatic heterocycles. The van der Waals surface area contributed by atoms with Gasteiger partial charge in [0.05, 0.1) is 18.1 Å². The predicted octanol–water partition coefficient (Wildman–Crippen LogP) is 2.30. The Hall–Kier alpha value is -2.20. The molecule has 2 aliphatic rings. The molecule has 0 aliphatic carbocycles. The number of benzene rings is 1. The lowest BCUT2D eigenvalue weighted by Crippen LogP contribution is -2.26. The van der Waals surface area contributed by atoms with Crippen molar-refractivity contribution in [3.63, 3.8) is 0 Å². The highest BCUT2D eigenvalue weighted by molar-refractivity contribution is 5.68. The lowest BCUT2D eigenvalue weighted by atomic mass is 10.0. The maximum atomic E-state index is 4.75. The van der Waals surface area contributed by atoms with Gasteiger partial charge in [0, 0.05) is 26.2 Å². The van der Waals surface area contributed by atoms with Crippen LogP contribution in [0.25, 0.3) is 12.2 Å². The largest absolute Gasteiger partial charge is 0.355 e. The van der Waals surface area contributed by atoms with Gasteiger partial charge in [0.25, 0.3) is 0 Å². The average molecular weight is 292 g/mol. The highest BCUT2D eigenvalue weighted by Crippen LogP contribution is 2.29. The Morgan fingerprint density at radius 2 is 1.77 bits per heavy atom. The van der Waals surface area contributed by atoms with Gasteiger partial charge >= 0.3 is 0 Å². The third-order valence-corrected chi connectivity index (χ3v) is 4.60. The van der Waals surface area contributed by atoms with Crippen molar-refractivity contribution in [3.05, 3.63) is 54.0 Å². The Kier molecular flexibility index (Phi) is 3.60. The molecular weight excluding hydrogens is 272 g/mol. The summed E-state index contributed by atoms with van der Waals surface area (Å²) in [5.74, 6) is 2.54. The summed E-state index contributed by atoms with van der Waals surface area (Å²) < 4.78 is 0. The minimum absolute atomic E-state index is 0.769. The molecular formula is C18H20N4. The fraction of sp³-hybridized carbons (Fsp3) is 0.333. The number of hydrogen-bond acceptors (Lipinski definition) is 4. The molecule has 112 valence electrons. The van der Waals surface area contributed by atoms with E-state index in [1.54, 1.807) is 0 Å². The second-order valence-corrected chi connectivity index (χ2v) is 6.13. The van der Waals surface area contributed by atoms with E-state index in [-0.39, 0.29) is 0 Å². The number of hydrogen-bond donors (Lipinski definition) is 1. The zero-order valence-corrected chi connectivity index (χ0v) is 12.5. The van der Waals surface area contributed by atoms with Crippen LogP contribution < -0.4 is 10.2 Å². The van der Waals surface area contributed by atoms with Crippen molar-refractivity contribution in [2.75, 3.05) is 31.1 Å². The van der Waals surface area contributed by atoms with Gasteiger partial charge in [-0.25, -0.2) is 4.98 Å². The van der Waals surface area contributed by atoms with Gasteiger partial charge in [-0.15, -0.1) is 0 Å². The van der Waals surface area contributed by atoms with Gasteiger partial charge in [-0.05, 0) is 23.5 Å². The number of nitrogens with one attached hydrogen (secondary N) is 1. The molecule has 2 saturated heterocycles. The van der Waals surface area contributed by atoms with Crippen molar-refractivity contribution in [2.24, 2.45) is 11.8 Å². The number of nitrogens with zero attached hydrogens (tertiary/aromatic N) is 3. The molecule has 22 heavy (non-hydrogen) atoms. The van der Waals surface area contributed by atoms with E-state index in [0.717, 1.165) is 49.5 Å². The number of aromatic nitrogens is 2. The molecule has 0 bridgehead atoms. The van der Waals surface area contributed by atoms with Crippen LogP contribution in [0.2, 0.25) is 0 Å². The van der Waals surface area contributed by atoms with Crippen LogP contribution in [0.15, 0.2) is 42.7 Å². The molecule has 2 fully saturated rings. The molecule has 0 saturated carbocycles. The number of anilines is 1. The summed E-state index contributed by atoms with van der Waals surface area (Å²) in [7, 11) is 0. The minimum Gasteiger partial charge on any atom is -0.355 e. The van der Waals surface area contributed by atoms with E-state index in [1.165, 1.54) is 5.56 Å². The van der Waals surface area contributed by atoms with E-state index in [4.69, 9.17) is 4.98 Å². The summed E-state index contributed by atoms with van der Waals surface area (Å²) in [6.07, 6.45) is 7.82. The first-order valence-corrected chi connectivity index (χ1v) is 7.89. The first-order valence-electron chi connectivity index (χ1n) is 7.89. The van der Waals surface area contributed by atoms with Crippen molar-refractivity contribution < 1.29 is 0 Å². The maximum Gasteiger partial charge on any atom is 0.147 e. The van der Waals surface area contributed by atoms with E-state index in [2.05, 4.69) is 33.4 Å². The quantitative estimate of drug-likeness (QED) is 0.942. The van der Waals surface area contributed by atoms with Crippen LogP contribution in [-0.2, 0) is 0 Å². The average Bonchev–Trinajstić information content (AvgIpc) is 3.16. The van der Waals surface area contributed by atoms with Crippen LogP contribution in [0.4, 0.5) is 5.82 Å². The fourth-order valence-corrected chi connectivity index (χ4v) is 3.39. The van der Waals surface area contributed by atoms with Crippen molar-refractivity contribution in [1.82, 2.24) is 15.3 Å². The van der Waals surface area contributed by atoms with Crippen molar-refractivity contribution >= 4 is 18.0 Å². The van der Waals surface area contributed by atoms with Crippen molar-refractivity contribution in [2.45, 2.75) is 0 Å². The van der Waals surface area contributed by atoms with Crippen molar-refractivity contribution in [3.8, 4) is 0 Å². The van der Waals surface area contributed by atoms with E-state index in [9.17, 15) is 0 Å². The lowest BCUT2D eigenvalue weighted by molar-refractivity contribution is 0.533. The van der Waals surface area contributed by atoms with E-state index >= 15 is 0 Å². The molecule has 2 aliphatic heterocycles. The van der Waals surface area contributed by atoms with E-state index in [0.29, 0.717) is 0 Å². The number of rotatable bonds is 3. The topological polar surface area (TPSA) is 41.1 Å². The molecule has 0 unspecified atom stereocenters. The molecule has 4 heteroatoms. The highest BCUT2D eigenvalue weighted by atomic mass is 15.2. The Morgan fingerprint density at radius 3 is 2.55 bits per heavy atom. The molecule has 0 spiro atoms. The molecule has 0 radical (unpaired) electrons. The van der Waals surface area contributed by atoms with Gasteiger partial charge in [0.2, 0.25) is 0 Å². The van der Waals surface area contributed by atoms with Gasteiger partial charge in [-0.1, -0.05) is 36.4 Å². The SMILES string of the molecule is C(=C\c1cncc(N2C[C@H]3CNC[C@H]3C2)n1)/c1ccccc1. The molecule has 4 rings (SSSR count). The lowest BCUT2D eigenvalue weighted by Gasteiger charge is -2.18. The molecule has 2 aromatic rings. The van der Waals surface area contributed by atoms with E-state index < -0.39 is 0 Å². The summed E-state index contributed by atoms with van der Waals surface area (Å²) >= 11 is 0. The second kappa shape index (κ2) is 5.89. The van der Waals surface area contributed by atoms with Gasteiger partial charge in [-0.3, -0.25) is 4.98 Å². The van der Waals surface area contributed by atoms with Gasteiger partial charge < -0.3 is 10.2 Å². The van der Waals surface area contributed by atoms with Crippen LogP contribution in [0.3, 0.4) is 0 Å². The molecule has 3 heterocycles. The normalized spacial score (nSPS) is 24.1. The molecule has 0 amide bonds. The highest BCUT2D eigenvalue weighted by Gasteiger charge is 2.36. The Bertz CT molecular complexity index is 656. The Labute approximate surface area is 130 Å². The fourth-order valence-electron chi connectivity index (χ4n) is 3.39. The number of fused-ring (bicyclic) bond motifs is 1. The monoisotopic (exact) mass is 292 g/mol. The van der Waals surface area contributed by atoms with Crippen LogP contribution in [0, 0.1) is 11.8 Å². The van der Waals surface area contributed by atoms with Crippen LogP contribution in [-0.4, -0.2) is 36.1 Å².